The van der Waals surface area contributed by atoms with Crippen LogP contribution in [0.25, 0.3) is 11.3 Å². The van der Waals surface area contributed by atoms with Crippen LogP contribution < -0.4 is 9.47 Å². The highest BCUT2D eigenvalue weighted by Crippen LogP contribution is 2.40. The number of ether oxygens (including phenoxy) is 3. The minimum Gasteiger partial charge on any atom is -0.487 e. The highest BCUT2D eigenvalue weighted by Gasteiger charge is 2.23. The van der Waals surface area contributed by atoms with Crippen LogP contribution in [0, 0.1) is 0 Å². The normalized spacial score (nSPS) is 12.7. The molecule has 0 saturated carbocycles. The van der Waals surface area contributed by atoms with Gasteiger partial charge >= 0.3 is 5.97 Å². The molecule has 0 unspecified atom stereocenters. The van der Waals surface area contributed by atoms with Gasteiger partial charge in [0.15, 0.2) is 11.5 Å². The lowest BCUT2D eigenvalue weighted by molar-refractivity contribution is 0.0526. The summed E-state index contributed by atoms with van der Waals surface area (Å²) in [5.41, 5.74) is 3.89. The molecule has 0 radical (unpaired) electrons. The lowest BCUT2D eigenvalue weighted by Crippen LogP contribution is -2.14. The number of rotatable bonds is 6. The minimum atomic E-state index is -0.283. The first-order valence-electron chi connectivity index (χ1n) is 9.27. The van der Waals surface area contributed by atoms with Gasteiger partial charge < -0.3 is 18.8 Å². The van der Waals surface area contributed by atoms with Crippen LogP contribution in [0.3, 0.4) is 0 Å². The standard InChI is InChI=1S/C21H27NO4/c1-6-24-21(23)16-9-18-17-11-20(26-14(4)5)19(25-13(2)3)10-15(17)7-8-22(18)12-16/h9-14H,6-8H2,1-5H3. The van der Waals surface area contributed by atoms with E-state index in [1.165, 1.54) is 5.56 Å². The summed E-state index contributed by atoms with van der Waals surface area (Å²) in [6.07, 6.45) is 2.88. The Balaban J connectivity index is 2.04. The fraction of sp³-hybridized carbons (Fsp3) is 0.476. The molecule has 0 bridgehead atoms. The molecule has 1 aromatic carbocycles. The summed E-state index contributed by atoms with van der Waals surface area (Å²) in [5, 5.41) is 0. The van der Waals surface area contributed by atoms with Gasteiger partial charge in [0.25, 0.3) is 0 Å². The van der Waals surface area contributed by atoms with E-state index in [9.17, 15) is 4.79 Å². The molecule has 0 atom stereocenters. The number of aryl methyl sites for hydroxylation is 2. The topological polar surface area (TPSA) is 49.7 Å². The first-order chi connectivity index (χ1) is 12.4. The molecule has 2 aromatic rings. The molecule has 0 N–H and O–H groups in total. The van der Waals surface area contributed by atoms with Crippen LogP contribution in [0.2, 0.25) is 0 Å². The van der Waals surface area contributed by atoms with Crippen molar-refractivity contribution in [1.82, 2.24) is 4.57 Å². The third kappa shape index (κ3) is 3.71. The van der Waals surface area contributed by atoms with Crippen LogP contribution in [-0.4, -0.2) is 29.4 Å². The Morgan fingerprint density at radius 1 is 1.08 bits per heavy atom. The predicted octanol–water partition coefficient (Wildman–Crippen LogP) is 4.46. The molecule has 1 aliphatic rings. The number of benzene rings is 1. The Bertz CT molecular complexity index is 805. The van der Waals surface area contributed by atoms with Crippen molar-refractivity contribution >= 4 is 5.97 Å². The molecule has 1 aliphatic heterocycles. The van der Waals surface area contributed by atoms with Gasteiger partial charge in [-0.15, -0.1) is 0 Å². The zero-order valence-corrected chi connectivity index (χ0v) is 16.2. The molecular weight excluding hydrogens is 330 g/mol. The largest absolute Gasteiger partial charge is 0.487 e. The van der Waals surface area contributed by atoms with Gasteiger partial charge in [-0.3, -0.25) is 0 Å². The molecular formula is C21H27NO4. The SMILES string of the molecule is CCOC(=O)c1cc2n(c1)CCc1cc(OC(C)C)c(OC(C)C)cc1-2. The third-order valence-electron chi connectivity index (χ3n) is 4.20. The number of fused-ring (bicyclic) bond motifs is 3. The molecule has 5 nitrogen and oxygen atoms in total. The predicted molar refractivity (Wildman–Crippen MR) is 101 cm³/mol. The number of hydrogen-bond acceptors (Lipinski definition) is 4. The van der Waals surface area contributed by atoms with Crippen molar-refractivity contribution in [3.05, 3.63) is 35.5 Å². The average molecular weight is 357 g/mol. The molecule has 0 amide bonds. The number of carbonyl (C=O) groups is 1. The Kier molecular flexibility index (Phi) is 5.25. The monoisotopic (exact) mass is 357 g/mol. The molecule has 140 valence electrons. The molecule has 0 fully saturated rings. The highest BCUT2D eigenvalue weighted by molar-refractivity contribution is 5.91. The van der Waals surface area contributed by atoms with E-state index in [1.807, 2.05) is 52.9 Å². The van der Waals surface area contributed by atoms with Crippen LogP contribution in [-0.2, 0) is 17.7 Å². The number of esters is 1. The molecule has 26 heavy (non-hydrogen) atoms. The summed E-state index contributed by atoms with van der Waals surface area (Å²) < 4.78 is 19.2. The molecule has 2 heterocycles. The highest BCUT2D eigenvalue weighted by atomic mass is 16.5. The van der Waals surface area contributed by atoms with Gasteiger partial charge in [0.05, 0.1) is 24.4 Å². The van der Waals surface area contributed by atoms with Crippen LogP contribution in [0.1, 0.15) is 50.5 Å². The number of aromatic nitrogens is 1. The van der Waals surface area contributed by atoms with E-state index in [4.69, 9.17) is 14.2 Å². The maximum Gasteiger partial charge on any atom is 0.339 e. The molecule has 0 spiro atoms. The number of carbonyl (C=O) groups excluding carboxylic acids is 1. The summed E-state index contributed by atoms with van der Waals surface area (Å²) in [6.45, 7) is 11.0. The second-order valence-electron chi connectivity index (χ2n) is 7.07. The van der Waals surface area contributed by atoms with Crippen molar-refractivity contribution in [3.63, 3.8) is 0 Å². The zero-order chi connectivity index (χ0) is 18.8. The second-order valence-corrected chi connectivity index (χ2v) is 7.07. The van der Waals surface area contributed by atoms with Gasteiger partial charge in [-0.25, -0.2) is 4.79 Å². The number of nitrogens with zero attached hydrogens (tertiary/aromatic N) is 1. The summed E-state index contributed by atoms with van der Waals surface area (Å²) in [7, 11) is 0. The van der Waals surface area contributed by atoms with Crippen molar-refractivity contribution in [2.75, 3.05) is 6.61 Å². The maximum absolute atomic E-state index is 12.1. The summed E-state index contributed by atoms with van der Waals surface area (Å²) in [5.74, 6) is 1.23. The van der Waals surface area contributed by atoms with Gasteiger partial charge in [0.2, 0.25) is 0 Å². The Labute approximate surface area is 154 Å². The van der Waals surface area contributed by atoms with E-state index in [1.54, 1.807) is 0 Å². The molecule has 0 saturated heterocycles. The van der Waals surface area contributed by atoms with Gasteiger partial charge in [0.1, 0.15) is 0 Å². The van der Waals surface area contributed by atoms with Crippen LogP contribution >= 0.6 is 0 Å². The zero-order valence-electron chi connectivity index (χ0n) is 16.2. The smallest absolute Gasteiger partial charge is 0.339 e. The Hall–Kier alpha value is -2.43. The van der Waals surface area contributed by atoms with E-state index < -0.39 is 0 Å². The van der Waals surface area contributed by atoms with Gasteiger partial charge in [-0.1, -0.05) is 0 Å². The fourth-order valence-corrected chi connectivity index (χ4v) is 3.23. The lowest BCUT2D eigenvalue weighted by Gasteiger charge is -2.24. The second kappa shape index (κ2) is 7.44. The van der Waals surface area contributed by atoms with Crippen molar-refractivity contribution in [2.24, 2.45) is 0 Å². The summed E-state index contributed by atoms with van der Waals surface area (Å²) in [6, 6.07) is 6.01. The molecule has 1 aromatic heterocycles. The summed E-state index contributed by atoms with van der Waals surface area (Å²) in [4.78, 5) is 12.1. The van der Waals surface area contributed by atoms with Gasteiger partial charge in [-0.05, 0) is 64.8 Å². The Morgan fingerprint density at radius 2 is 1.73 bits per heavy atom. The maximum atomic E-state index is 12.1. The van der Waals surface area contributed by atoms with E-state index in [-0.39, 0.29) is 18.2 Å². The van der Waals surface area contributed by atoms with Crippen molar-refractivity contribution < 1.29 is 19.0 Å². The fourth-order valence-electron chi connectivity index (χ4n) is 3.23. The van der Waals surface area contributed by atoms with Crippen LogP contribution in [0.5, 0.6) is 11.5 Å². The first kappa shape index (κ1) is 18.4. The van der Waals surface area contributed by atoms with Crippen LogP contribution in [0.4, 0.5) is 0 Å². The quantitative estimate of drug-likeness (QED) is 0.716. The van der Waals surface area contributed by atoms with Crippen molar-refractivity contribution in [1.29, 1.82) is 0 Å². The summed E-state index contributed by atoms with van der Waals surface area (Å²) >= 11 is 0. The molecule has 3 rings (SSSR count). The van der Waals surface area contributed by atoms with E-state index in [0.29, 0.717) is 12.2 Å². The average Bonchev–Trinajstić information content (AvgIpc) is 2.99. The molecule has 5 heteroatoms. The Morgan fingerprint density at radius 3 is 2.35 bits per heavy atom. The molecule has 0 aliphatic carbocycles. The van der Waals surface area contributed by atoms with Gasteiger partial charge in [-0.2, -0.15) is 0 Å². The van der Waals surface area contributed by atoms with E-state index in [2.05, 4.69) is 10.6 Å². The van der Waals surface area contributed by atoms with E-state index >= 15 is 0 Å². The van der Waals surface area contributed by atoms with Crippen molar-refractivity contribution in [2.45, 2.75) is 59.8 Å². The minimum absolute atomic E-state index is 0.0491. The van der Waals surface area contributed by atoms with Gasteiger partial charge in [0, 0.05) is 24.0 Å². The number of hydrogen-bond donors (Lipinski definition) is 0. The third-order valence-corrected chi connectivity index (χ3v) is 4.20. The van der Waals surface area contributed by atoms with Crippen molar-refractivity contribution in [3.8, 4) is 22.8 Å². The first-order valence-corrected chi connectivity index (χ1v) is 9.27. The van der Waals surface area contributed by atoms with Crippen LogP contribution in [0.15, 0.2) is 24.4 Å². The lowest BCUT2D eigenvalue weighted by atomic mass is 9.97. The van der Waals surface area contributed by atoms with E-state index in [0.717, 1.165) is 35.7 Å².